The lowest BCUT2D eigenvalue weighted by molar-refractivity contribution is -0.139. The van der Waals surface area contributed by atoms with Gasteiger partial charge < -0.3 is 9.47 Å². The van der Waals surface area contributed by atoms with Gasteiger partial charge in [0.2, 0.25) is 0 Å². The highest BCUT2D eigenvalue weighted by molar-refractivity contribution is 5.81. The lowest BCUT2D eigenvalue weighted by Crippen LogP contribution is -2.16. The summed E-state index contributed by atoms with van der Waals surface area (Å²) >= 11 is 0. The molecule has 0 fully saturated rings. The Bertz CT molecular complexity index is 255. The van der Waals surface area contributed by atoms with Crippen LogP contribution in [0.5, 0.6) is 0 Å². The van der Waals surface area contributed by atoms with E-state index in [-0.39, 0.29) is 11.8 Å². The van der Waals surface area contributed by atoms with Crippen LogP contribution in [0.3, 0.4) is 0 Å². The quantitative estimate of drug-likeness (QED) is 0.481. The molecular weight excluding hydrogens is 220 g/mol. The maximum atomic E-state index is 10.8. The lowest BCUT2D eigenvalue weighted by atomic mass is 9.99. The zero-order valence-electron chi connectivity index (χ0n) is 10.5. The first kappa shape index (κ1) is 15.4. The monoisotopic (exact) mass is 240 g/mol. The van der Waals surface area contributed by atoms with Gasteiger partial charge in [0, 0.05) is 12.2 Å². The minimum absolute atomic E-state index is 0.219. The highest BCUT2D eigenvalue weighted by Crippen LogP contribution is 2.12. The Hall–Kier alpha value is -1.58. The van der Waals surface area contributed by atoms with Crippen molar-refractivity contribution < 1.29 is 19.1 Å². The van der Waals surface area contributed by atoms with E-state index in [9.17, 15) is 9.59 Å². The van der Waals surface area contributed by atoms with Crippen LogP contribution in [0.25, 0.3) is 0 Å². The average molecular weight is 240 g/mol. The van der Waals surface area contributed by atoms with Crippen LogP contribution in [0.1, 0.15) is 20.3 Å². The summed E-state index contributed by atoms with van der Waals surface area (Å²) < 4.78 is 9.84. The van der Waals surface area contributed by atoms with E-state index in [2.05, 4.69) is 13.2 Å². The fourth-order valence-corrected chi connectivity index (χ4v) is 1.39. The summed E-state index contributed by atoms with van der Waals surface area (Å²) in [4.78, 5) is 21.7. The van der Waals surface area contributed by atoms with Gasteiger partial charge in [-0.3, -0.25) is 0 Å². The number of rotatable bonds is 8. The standard InChI is InChI=1S/C13H20O4/c1-5-12(14)16-8-10(3)7-11(4)9-17-13(15)6-2/h5-6,10-11H,1-2,7-9H2,3-4H3. The smallest absolute Gasteiger partial charge is 0.330 e. The van der Waals surface area contributed by atoms with E-state index in [1.807, 2.05) is 13.8 Å². The summed E-state index contributed by atoms with van der Waals surface area (Å²) in [6.45, 7) is 11.3. The predicted octanol–water partition coefficient (Wildman–Crippen LogP) is 2.11. The van der Waals surface area contributed by atoms with E-state index in [4.69, 9.17) is 9.47 Å². The molecule has 0 radical (unpaired) electrons. The summed E-state index contributed by atoms with van der Waals surface area (Å²) in [6, 6.07) is 0. The van der Waals surface area contributed by atoms with Crippen LogP contribution in [0.2, 0.25) is 0 Å². The molecule has 0 rings (SSSR count). The first-order chi connectivity index (χ1) is 7.99. The van der Waals surface area contributed by atoms with Crippen molar-refractivity contribution in [3.63, 3.8) is 0 Å². The molecule has 0 aliphatic heterocycles. The maximum absolute atomic E-state index is 10.8. The Morgan fingerprint density at radius 3 is 1.65 bits per heavy atom. The molecular formula is C13H20O4. The molecule has 4 nitrogen and oxygen atoms in total. The van der Waals surface area contributed by atoms with E-state index >= 15 is 0 Å². The second kappa shape index (κ2) is 8.56. The van der Waals surface area contributed by atoms with Gasteiger partial charge in [0.25, 0.3) is 0 Å². The molecule has 0 aromatic carbocycles. The van der Waals surface area contributed by atoms with Crippen LogP contribution in [0.15, 0.2) is 25.3 Å². The molecule has 0 aliphatic rings. The third-order valence-corrected chi connectivity index (χ3v) is 2.16. The zero-order valence-corrected chi connectivity index (χ0v) is 10.5. The zero-order chi connectivity index (χ0) is 13.3. The molecule has 0 saturated heterocycles. The largest absolute Gasteiger partial charge is 0.462 e. The van der Waals surface area contributed by atoms with Crippen molar-refractivity contribution in [2.24, 2.45) is 11.8 Å². The van der Waals surface area contributed by atoms with Crippen molar-refractivity contribution in [1.29, 1.82) is 0 Å². The molecule has 0 heterocycles. The minimum Gasteiger partial charge on any atom is -0.462 e. The van der Waals surface area contributed by atoms with Gasteiger partial charge in [-0.25, -0.2) is 9.59 Å². The van der Waals surface area contributed by atoms with Gasteiger partial charge in [-0.05, 0) is 18.3 Å². The molecule has 0 spiro atoms. The summed E-state index contributed by atoms with van der Waals surface area (Å²) in [6.07, 6.45) is 3.10. The van der Waals surface area contributed by atoms with Gasteiger partial charge in [-0.1, -0.05) is 27.0 Å². The topological polar surface area (TPSA) is 52.6 Å². The van der Waals surface area contributed by atoms with Gasteiger partial charge in [0.15, 0.2) is 0 Å². The van der Waals surface area contributed by atoms with Crippen LogP contribution >= 0.6 is 0 Å². The third-order valence-electron chi connectivity index (χ3n) is 2.16. The van der Waals surface area contributed by atoms with E-state index in [1.165, 1.54) is 0 Å². The van der Waals surface area contributed by atoms with E-state index in [1.54, 1.807) is 0 Å². The number of ether oxygens (including phenoxy) is 2. The molecule has 96 valence electrons. The molecule has 0 bridgehead atoms. The average Bonchev–Trinajstić information content (AvgIpc) is 2.32. The second-order valence-electron chi connectivity index (χ2n) is 4.11. The number of hydrogen-bond acceptors (Lipinski definition) is 4. The van der Waals surface area contributed by atoms with Crippen molar-refractivity contribution >= 4 is 11.9 Å². The fraction of sp³-hybridized carbons (Fsp3) is 0.538. The Morgan fingerprint density at radius 1 is 1.00 bits per heavy atom. The number of esters is 2. The predicted molar refractivity (Wildman–Crippen MR) is 65.3 cm³/mol. The van der Waals surface area contributed by atoms with Crippen LogP contribution in [-0.2, 0) is 19.1 Å². The van der Waals surface area contributed by atoms with Gasteiger partial charge in [0.1, 0.15) is 0 Å². The SMILES string of the molecule is C=CC(=O)OCC(C)CC(C)COC(=O)C=C. The van der Waals surface area contributed by atoms with Crippen LogP contribution in [0.4, 0.5) is 0 Å². The molecule has 0 aromatic rings. The molecule has 2 unspecified atom stereocenters. The highest BCUT2D eigenvalue weighted by Gasteiger charge is 2.11. The maximum Gasteiger partial charge on any atom is 0.330 e. The number of carbonyl (C=O) groups is 2. The van der Waals surface area contributed by atoms with Crippen molar-refractivity contribution in [1.82, 2.24) is 0 Å². The Balaban J connectivity index is 3.75. The molecule has 0 aliphatic carbocycles. The molecule has 4 heteroatoms. The first-order valence-corrected chi connectivity index (χ1v) is 5.58. The number of hydrogen-bond donors (Lipinski definition) is 0. The summed E-state index contributed by atoms with van der Waals surface area (Å²) in [5.41, 5.74) is 0. The van der Waals surface area contributed by atoms with E-state index < -0.39 is 11.9 Å². The molecule has 17 heavy (non-hydrogen) atoms. The normalized spacial score (nSPS) is 13.3. The molecule has 0 amide bonds. The van der Waals surface area contributed by atoms with E-state index in [0.29, 0.717) is 13.2 Å². The van der Waals surface area contributed by atoms with Gasteiger partial charge in [-0.2, -0.15) is 0 Å². The van der Waals surface area contributed by atoms with Crippen LogP contribution < -0.4 is 0 Å². The Labute approximate surface area is 102 Å². The highest BCUT2D eigenvalue weighted by atomic mass is 16.5. The van der Waals surface area contributed by atoms with Gasteiger partial charge in [-0.15, -0.1) is 0 Å². The fourth-order valence-electron chi connectivity index (χ4n) is 1.39. The molecule has 0 saturated carbocycles. The lowest BCUT2D eigenvalue weighted by Gasteiger charge is -2.16. The second-order valence-corrected chi connectivity index (χ2v) is 4.11. The number of carbonyl (C=O) groups excluding carboxylic acids is 2. The van der Waals surface area contributed by atoms with E-state index in [0.717, 1.165) is 18.6 Å². The summed E-state index contributed by atoms with van der Waals surface area (Å²) in [7, 11) is 0. The molecule has 0 N–H and O–H groups in total. The first-order valence-electron chi connectivity index (χ1n) is 5.58. The van der Waals surface area contributed by atoms with Crippen molar-refractivity contribution in [3.8, 4) is 0 Å². The van der Waals surface area contributed by atoms with Crippen LogP contribution in [-0.4, -0.2) is 25.2 Å². The summed E-state index contributed by atoms with van der Waals surface area (Å²) in [5.74, 6) is -0.391. The summed E-state index contributed by atoms with van der Waals surface area (Å²) in [5, 5.41) is 0. The van der Waals surface area contributed by atoms with Gasteiger partial charge >= 0.3 is 11.9 Å². The van der Waals surface area contributed by atoms with Crippen molar-refractivity contribution in [3.05, 3.63) is 25.3 Å². The Kier molecular flexibility index (Phi) is 7.76. The van der Waals surface area contributed by atoms with Crippen molar-refractivity contribution in [2.75, 3.05) is 13.2 Å². The van der Waals surface area contributed by atoms with Crippen LogP contribution in [0, 0.1) is 11.8 Å². The van der Waals surface area contributed by atoms with Crippen molar-refractivity contribution in [2.45, 2.75) is 20.3 Å². The molecule has 2 atom stereocenters. The Morgan fingerprint density at radius 2 is 1.35 bits per heavy atom. The minimum atomic E-state index is -0.414. The third kappa shape index (κ3) is 8.25. The molecule has 0 aromatic heterocycles. The van der Waals surface area contributed by atoms with Gasteiger partial charge in [0.05, 0.1) is 13.2 Å².